The predicted molar refractivity (Wildman–Crippen MR) is 93.1 cm³/mol. The molecule has 0 N–H and O–H groups in total. The third-order valence-corrected chi connectivity index (χ3v) is 5.12. The first kappa shape index (κ1) is 18.0. The molecule has 4 heteroatoms. The van der Waals surface area contributed by atoms with Crippen molar-refractivity contribution in [1.82, 2.24) is 9.97 Å². The number of thioether (sulfide) groups is 1. The minimum atomic E-state index is 0.947. The van der Waals surface area contributed by atoms with Gasteiger partial charge in [0.15, 0.2) is 5.16 Å². The van der Waals surface area contributed by atoms with Gasteiger partial charge in [-0.15, -0.1) is 0 Å². The van der Waals surface area contributed by atoms with Crippen LogP contribution >= 0.6 is 27.7 Å². The van der Waals surface area contributed by atoms with Gasteiger partial charge in [-0.2, -0.15) is 0 Å². The number of alkyl halides is 1. The van der Waals surface area contributed by atoms with Gasteiger partial charge in [0.05, 0.1) is 0 Å². The molecule has 1 aromatic heterocycles. The molecular formula is C16H27BrN2S. The molecule has 0 aliphatic carbocycles. The van der Waals surface area contributed by atoms with Crippen LogP contribution in [-0.2, 0) is 0 Å². The second-order valence-electron chi connectivity index (χ2n) is 5.31. The molecule has 0 saturated carbocycles. The van der Waals surface area contributed by atoms with Gasteiger partial charge >= 0.3 is 0 Å². The zero-order valence-corrected chi connectivity index (χ0v) is 15.4. The fourth-order valence-corrected chi connectivity index (χ4v) is 3.38. The van der Waals surface area contributed by atoms with Crippen LogP contribution < -0.4 is 0 Å². The lowest BCUT2D eigenvalue weighted by atomic mass is 10.1. The average Bonchev–Trinajstić information content (AvgIpc) is 2.43. The molecule has 0 bridgehead atoms. The molecule has 0 saturated heterocycles. The Morgan fingerprint density at radius 1 is 0.800 bits per heavy atom. The molecule has 0 fully saturated rings. The standard InChI is InChI=1S/C16H27BrN2S/c1-13-14(2)18-16(19-15(13)3)20-12-10-8-6-4-5-7-9-11-17/h4-12H2,1-3H3. The van der Waals surface area contributed by atoms with Crippen LogP contribution in [0, 0.1) is 20.8 Å². The molecule has 1 rings (SSSR count). The number of aryl methyl sites for hydroxylation is 2. The number of hydrogen-bond acceptors (Lipinski definition) is 3. The van der Waals surface area contributed by atoms with Crippen LogP contribution in [0.25, 0.3) is 0 Å². The number of unbranched alkanes of at least 4 members (excludes halogenated alkanes) is 6. The van der Waals surface area contributed by atoms with E-state index < -0.39 is 0 Å². The Kier molecular flexibility index (Phi) is 9.53. The van der Waals surface area contributed by atoms with Crippen molar-refractivity contribution in [2.45, 2.75) is 70.9 Å². The number of nitrogens with zero attached hydrogens (tertiary/aromatic N) is 2. The quantitative estimate of drug-likeness (QED) is 0.235. The third-order valence-electron chi connectivity index (χ3n) is 3.62. The summed E-state index contributed by atoms with van der Waals surface area (Å²) in [7, 11) is 0. The lowest BCUT2D eigenvalue weighted by Gasteiger charge is -2.06. The second-order valence-corrected chi connectivity index (χ2v) is 7.17. The van der Waals surface area contributed by atoms with Crippen LogP contribution in [0.1, 0.15) is 61.9 Å². The molecule has 1 aromatic rings. The van der Waals surface area contributed by atoms with E-state index in [4.69, 9.17) is 0 Å². The highest BCUT2D eigenvalue weighted by Crippen LogP contribution is 2.19. The van der Waals surface area contributed by atoms with Crippen molar-refractivity contribution < 1.29 is 0 Å². The van der Waals surface area contributed by atoms with Gasteiger partial charge in [-0.05, 0) is 39.2 Å². The van der Waals surface area contributed by atoms with Crippen molar-refractivity contribution in [2.24, 2.45) is 0 Å². The van der Waals surface area contributed by atoms with Crippen molar-refractivity contribution in [3.8, 4) is 0 Å². The average molecular weight is 359 g/mol. The molecule has 0 spiro atoms. The maximum Gasteiger partial charge on any atom is 0.187 e. The van der Waals surface area contributed by atoms with E-state index in [0.717, 1.165) is 27.6 Å². The van der Waals surface area contributed by atoms with Gasteiger partial charge in [0.2, 0.25) is 0 Å². The highest BCUT2D eigenvalue weighted by Gasteiger charge is 2.04. The monoisotopic (exact) mass is 358 g/mol. The van der Waals surface area contributed by atoms with Crippen molar-refractivity contribution in [3.05, 3.63) is 17.0 Å². The maximum atomic E-state index is 4.55. The Labute approximate surface area is 136 Å². The first-order chi connectivity index (χ1) is 9.65. The topological polar surface area (TPSA) is 25.8 Å². The normalized spacial score (nSPS) is 11.0. The van der Waals surface area contributed by atoms with Crippen molar-refractivity contribution in [2.75, 3.05) is 11.1 Å². The van der Waals surface area contributed by atoms with Gasteiger partial charge in [-0.25, -0.2) is 9.97 Å². The van der Waals surface area contributed by atoms with E-state index >= 15 is 0 Å². The predicted octanol–water partition coefficient (Wildman–Crippen LogP) is 5.62. The first-order valence-corrected chi connectivity index (χ1v) is 9.76. The zero-order valence-electron chi connectivity index (χ0n) is 13.0. The van der Waals surface area contributed by atoms with Gasteiger partial charge in [0.25, 0.3) is 0 Å². The molecule has 0 unspecified atom stereocenters. The largest absolute Gasteiger partial charge is 0.228 e. The SMILES string of the molecule is Cc1nc(SCCCCCCCCCBr)nc(C)c1C. The molecule has 2 nitrogen and oxygen atoms in total. The number of aromatic nitrogens is 2. The summed E-state index contributed by atoms with van der Waals surface area (Å²) in [6.45, 7) is 6.23. The van der Waals surface area contributed by atoms with Crippen molar-refractivity contribution in [3.63, 3.8) is 0 Å². The Hall–Kier alpha value is -0.0900. The highest BCUT2D eigenvalue weighted by molar-refractivity contribution is 9.09. The molecule has 1 heterocycles. The summed E-state index contributed by atoms with van der Waals surface area (Å²) in [4.78, 5) is 9.10. The fourth-order valence-electron chi connectivity index (χ4n) is 2.05. The van der Waals surface area contributed by atoms with Crippen molar-refractivity contribution >= 4 is 27.7 Å². The first-order valence-electron chi connectivity index (χ1n) is 7.65. The Morgan fingerprint density at radius 2 is 1.30 bits per heavy atom. The summed E-state index contributed by atoms with van der Waals surface area (Å²) in [5.41, 5.74) is 3.46. The zero-order chi connectivity index (χ0) is 14.8. The van der Waals surface area contributed by atoms with Gasteiger partial charge in [-0.3, -0.25) is 0 Å². The summed E-state index contributed by atoms with van der Waals surface area (Å²) in [5.74, 6) is 1.14. The molecule has 0 aliphatic heterocycles. The number of halogens is 1. The minimum absolute atomic E-state index is 0.947. The fraction of sp³-hybridized carbons (Fsp3) is 0.750. The third kappa shape index (κ3) is 7.07. The van der Waals surface area contributed by atoms with Crippen LogP contribution in [0.3, 0.4) is 0 Å². The van der Waals surface area contributed by atoms with Crippen LogP contribution in [0.15, 0.2) is 5.16 Å². The Bertz CT molecular complexity index is 373. The molecular weight excluding hydrogens is 332 g/mol. The van der Waals surface area contributed by atoms with Gasteiger partial charge in [0.1, 0.15) is 0 Å². The highest BCUT2D eigenvalue weighted by atomic mass is 79.9. The second kappa shape index (κ2) is 10.6. The molecule has 0 aliphatic rings. The summed E-state index contributed by atoms with van der Waals surface area (Å²) >= 11 is 5.28. The molecule has 114 valence electrons. The summed E-state index contributed by atoms with van der Waals surface area (Å²) in [6, 6.07) is 0. The molecule has 20 heavy (non-hydrogen) atoms. The summed E-state index contributed by atoms with van der Waals surface area (Å²) in [5, 5.41) is 2.10. The van der Waals surface area contributed by atoms with Crippen LogP contribution in [0.2, 0.25) is 0 Å². The summed E-state index contributed by atoms with van der Waals surface area (Å²) in [6.07, 6.45) is 9.45. The van der Waals surface area contributed by atoms with Crippen LogP contribution in [-0.4, -0.2) is 21.1 Å². The maximum absolute atomic E-state index is 4.55. The summed E-state index contributed by atoms with van der Waals surface area (Å²) < 4.78 is 0. The van der Waals surface area contributed by atoms with E-state index in [1.165, 1.54) is 50.5 Å². The van der Waals surface area contributed by atoms with E-state index in [2.05, 4.69) is 46.7 Å². The van der Waals surface area contributed by atoms with E-state index in [9.17, 15) is 0 Å². The van der Waals surface area contributed by atoms with Gasteiger partial charge in [0, 0.05) is 22.5 Å². The molecule has 0 amide bonds. The Morgan fingerprint density at radius 3 is 1.85 bits per heavy atom. The molecule has 0 radical (unpaired) electrons. The van der Waals surface area contributed by atoms with E-state index in [1.807, 2.05) is 0 Å². The lowest BCUT2D eigenvalue weighted by Crippen LogP contribution is -1.98. The Balaban J connectivity index is 2.10. The van der Waals surface area contributed by atoms with Gasteiger partial charge in [-0.1, -0.05) is 59.8 Å². The van der Waals surface area contributed by atoms with Crippen molar-refractivity contribution in [1.29, 1.82) is 0 Å². The molecule has 0 atom stereocenters. The minimum Gasteiger partial charge on any atom is -0.228 e. The lowest BCUT2D eigenvalue weighted by molar-refractivity contribution is 0.606. The number of rotatable bonds is 10. The molecule has 0 aromatic carbocycles. The van der Waals surface area contributed by atoms with Crippen LogP contribution in [0.4, 0.5) is 0 Å². The smallest absolute Gasteiger partial charge is 0.187 e. The van der Waals surface area contributed by atoms with E-state index in [-0.39, 0.29) is 0 Å². The van der Waals surface area contributed by atoms with E-state index in [0.29, 0.717) is 0 Å². The van der Waals surface area contributed by atoms with E-state index in [1.54, 1.807) is 11.8 Å². The number of hydrogen-bond donors (Lipinski definition) is 0. The van der Waals surface area contributed by atoms with Crippen LogP contribution in [0.5, 0.6) is 0 Å². The van der Waals surface area contributed by atoms with Gasteiger partial charge < -0.3 is 0 Å².